The second-order valence-electron chi connectivity index (χ2n) is 13.1. The van der Waals surface area contributed by atoms with Crippen LogP contribution in [-0.2, 0) is 16.9 Å². The first-order chi connectivity index (χ1) is 23.6. The lowest BCUT2D eigenvalue weighted by Crippen LogP contribution is -2.59. The molecule has 2 atom stereocenters. The Morgan fingerprint density at radius 2 is 1.59 bits per heavy atom. The van der Waals surface area contributed by atoms with Crippen LogP contribution in [0.5, 0.6) is 5.75 Å². The van der Waals surface area contributed by atoms with Crippen LogP contribution in [0.25, 0.3) is 11.1 Å². The number of para-hydroxylation sites is 1. The lowest BCUT2D eigenvalue weighted by Gasteiger charge is -2.48. The molecule has 4 heterocycles. The van der Waals surface area contributed by atoms with Gasteiger partial charge in [0.2, 0.25) is 0 Å². The molecule has 49 heavy (non-hydrogen) atoms. The van der Waals surface area contributed by atoms with Crippen molar-refractivity contribution in [2.45, 2.75) is 37.1 Å². The number of carbonyl (C=O) groups is 2. The fourth-order valence-electron chi connectivity index (χ4n) is 7.59. The Balaban J connectivity index is 1.04. The molecule has 0 aliphatic carbocycles. The van der Waals surface area contributed by atoms with E-state index in [0.717, 1.165) is 24.5 Å². The number of aliphatic hydroxyl groups is 1. The van der Waals surface area contributed by atoms with E-state index in [9.17, 15) is 19.8 Å². The van der Waals surface area contributed by atoms with Gasteiger partial charge < -0.3 is 34.4 Å². The van der Waals surface area contributed by atoms with Crippen molar-refractivity contribution in [3.8, 4) is 16.9 Å². The number of carboxylic acid groups (broad SMARTS) is 1. The Morgan fingerprint density at radius 3 is 2.27 bits per heavy atom. The predicted octanol–water partition coefficient (Wildman–Crippen LogP) is 6.57. The molecular weight excluding hydrogens is 672 g/mol. The number of β-amino-alcohol motifs (C(OH)–C–C–N with tert-alkyl or cyclic N) is 1. The van der Waals surface area contributed by atoms with Gasteiger partial charge in [0.05, 0.1) is 71.8 Å². The van der Waals surface area contributed by atoms with E-state index in [-0.39, 0.29) is 52.1 Å². The number of morpholine rings is 1. The van der Waals surface area contributed by atoms with E-state index in [0.29, 0.717) is 54.6 Å². The van der Waals surface area contributed by atoms with Crippen molar-refractivity contribution < 1.29 is 33.7 Å². The topological polar surface area (TPSA) is 103 Å². The molecule has 8 rings (SSSR count). The SMILES string of the molecule is O=C(O)c1cc(F)c(-c2cccc3c2OCN(C(=O)c2c(Cl)cc(N4CC(O)(c5ccccc5)C4)cc2Cl)C3)cc1N1C2CCC1COC2. The highest BCUT2D eigenvalue weighted by Gasteiger charge is 2.43. The number of rotatable bonds is 6. The van der Waals surface area contributed by atoms with Crippen LogP contribution in [-0.4, -0.2) is 72.1 Å². The van der Waals surface area contributed by atoms with Gasteiger partial charge in [0.15, 0.2) is 6.73 Å². The highest BCUT2D eigenvalue weighted by Crippen LogP contribution is 2.44. The zero-order valence-electron chi connectivity index (χ0n) is 26.2. The molecule has 4 aromatic carbocycles. The van der Waals surface area contributed by atoms with Gasteiger partial charge in [-0.25, -0.2) is 9.18 Å². The summed E-state index contributed by atoms with van der Waals surface area (Å²) < 4.78 is 27.6. The number of anilines is 2. The summed E-state index contributed by atoms with van der Waals surface area (Å²) in [5, 5.41) is 21.4. The summed E-state index contributed by atoms with van der Waals surface area (Å²) in [5.41, 5.74) is 2.36. The Kier molecular flexibility index (Phi) is 7.94. The van der Waals surface area contributed by atoms with Crippen LogP contribution in [0.4, 0.5) is 15.8 Å². The molecule has 2 N–H and O–H groups in total. The van der Waals surface area contributed by atoms with Crippen LogP contribution in [0.15, 0.2) is 72.8 Å². The zero-order valence-corrected chi connectivity index (χ0v) is 27.8. The van der Waals surface area contributed by atoms with Crippen LogP contribution >= 0.6 is 23.2 Å². The van der Waals surface area contributed by atoms with Crippen molar-refractivity contribution in [3.05, 3.63) is 111 Å². The Bertz CT molecular complexity index is 1950. The summed E-state index contributed by atoms with van der Waals surface area (Å²) in [7, 11) is 0. The molecule has 252 valence electrons. The molecule has 2 bridgehead atoms. The first-order valence-corrected chi connectivity index (χ1v) is 16.9. The first-order valence-electron chi connectivity index (χ1n) is 16.1. The van der Waals surface area contributed by atoms with Gasteiger partial charge in [-0.15, -0.1) is 0 Å². The van der Waals surface area contributed by atoms with E-state index in [4.69, 9.17) is 32.7 Å². The van der Waals surface area contributed by atoms with E-state index < -0.39 is 23.3 Å². The summed E-state index contributed by atoms with van der Waals surface area (Å²) in [6, 6.07) is 20.8. The molecule has 4 aliphatic heterocycles. The Morgan fingerprint density at radius 1 is 0.898 bits per heavy atom. The van der Waals surface area contributed by atoms with Gasteiger partial charge in [0.25, 0.3) is 5.91 Å². The smallest absolute Gasteiger partial charge is 0.337 e. The number of aromatic carboxylic acids is 1. The van der Waals surface area contributed by atoms with E-state index >= 15 is 4.39 Å². The molecule has 4 aromatic rings. The fourth-order valence-corrected chi connectivity index (χ4v) is 8.23. The highest BCUT2D eigenvalue weighted by molar-refractivity contribution is 6.40. The van der Waals surface area contributed by atoms with Gasteiger partial charge in [0, 0.05) is 22.4 Å². The third-order valence-corrected chi connectivity index (χ3v) is 10.7. The molecule has 0 spiro atoms. The third kappa shape index (κ3) is 5.47. The lowest BCUT2D eigenvalue weighted by molar-refractivity contribution is 0.00752. The number of ether oxygens (including phenoxy) is 2. The molecule has 9 nitrogen and oxygen atoms in total. The van der Waals surface area contributed by atoms with E-state index in [1.54, 1.807) is 36.4 Å². The van der Waals surface area contributed by atoms with Gasteiger partial charge in [-0.3, -0.25) is 4.79 Å². The van der Waals surface area contributed by atoms with Gasteiger partial charge in [-0.2, -0.15) is 0 Å². The van der Waals surface area contributed by atoms with Crippen LogP contribution in [0, 0.1) is 5.82 Å². The molecule has 3 saturated heterocycles. The van der Waals surface area contributed by atoms with Gasteiger partial charge in [-0.05, 0) is 42.7 Å². The van der Waals surface area contributed by atoms with Crippen LogP contribution < -0.4 is 14.5 Å². The first kappa shape index (κ1) is 31.9. The molecular formula is C37H32Cl2FN3O6. The predicted molar refractivity (Wildman–Crippen MR) is 183 cm³/mol. The Labute approximate surface area is 292 Å². The normalized spacial score (nSPS) is 20.8. The maximum Gasteiger partial charge on any atom is 0.337 e. The summed E-state index contributed by atoms with van der Waals surface area (Å²) in [6.45, 7) is 1.70. The third-order valence-electron chi connectivity index (χ3n) is 10.1. The number of halogens is 3. The molecule has 0 saturated carbocycles. The second-order valence-corrected chi connectivity index (χ2v) is 13.9. The number of fused-ring (bicyclic) bond motifs is 3. The van der Waals surface area contributed by atoms with Crippen LogP contribution in [0.1, 0.15) is 44.7 Å². The van der Waals surface area contributed by atoms with Crippen molar-refractivity contribution in [2.75, 3.05) is 42.8 Å². The number of hydrogen-bond donors (Lipinski definition) is 2. The maximum atomic E-state index is 15.7. The van der Waals surface area contributed by atoms with Crippen molar-refractivity contribution in [1.82, 2.24) is 4.90 Å². The molecule has 1 amide bonds. The molecule has 12 heteroatoms. The van der Waals surface area contributed by atoms with Crippen molar-refractivity contribution in [3.63, 3.8) is 0 Å². The largest absolute Gasteiger partial charge is 0.478 e. The summed E-state index contributed by atoms with van der Waals surface area (Å²) >= 11 is 13.3. The van der Waals surface area contributed by atoms with E-state index in [2.05, 4.69) is 4.90 Å². The lowest BCUT2D eigenvalue weighted by atomic mass is 9.85. The second kappa shape index (κ2) is 12.2. The number of carboxylic acids is 1. The minimum atomic E-state index is -1.20. The standard InChI is InChI=1S/C37H32Cl2FN3O6/c38-29-11-25(42-18-37(47,19-42)22-6-2-1-3-7-22)12-30(39)33(29)35(44)41-15-21-5-4-8-26(34(21)49-20-41)27-14-32(28(36(45)46)13-31(27)40)43-23-9-10-24(43)17-48-16-23/h1-8,11-14,23-24,47H,9-10,15-20H2,(H,45,46). The van der Waals surface area contributed by atoms with Crippen LogP contribution in [0.3, 0.4) is 0 Å². The molecule has 3 fully saturated rings. The monoisotopic (exact) mass is 703 g/mol. The average Bonchev–Trinajstić information content (AvgIpc) is 3.32. The zero-order chi connectivity index (χ0) is 34.0. The quantitative estimate of drug-likeness (QED) is 0.233. The van der Waals surface area contributed by atoms with Crippen molar-refractivity contribution >= 4 is 46.5 Å². The van der Waals surface area contributed by atoms with Gasteiger partial charge in [0.1, 0.15) is 17.2 Å². The Hall–Kier alpha value is -4.35. The molecule has 0 aromatic heterocycles. The minimum Gasteiger partial charge on any atom is -0.478 e. The van der Waals surface area contributed by atoms with Gasteiger partial charge in [-0.1, -0.05) is 71.7 Å². The average molecular weight is 705 g/mol. The number of amides is 1. The molecule has 2 unspecified atom stereocenters. The van der Waals surface area contributed by atoms with Crippen molar-refractivity contribution in [2.24, 2.45) is 0 Å². The van der Waals surface area contributed by atoms with Gasteiger partial charge >= 0.3 is 5.97 Å². The highest BCUT2D eigenvalue weighted by atomic mass is 35.5. The summed E-state index contributed by atoms with van der Waals surface area (Å²) in [5.74, 6) is -1.89. The maximum absolute atomic E-state index is 15.7. The number of hydrogen-bond acceptors (Lipinski definition) is 7. The van der Waals surface area contributed by atoms with Crippen LogP contribution in [0.2, 0.25) is 10.0 Å². The molecule has 4 aliphatic rings. The van der Waals surface area contributed by atoms with Crippen molar-refractivity contribution in [1.29, 1.82) is 0 Å². The molecule has 0 radical (unpaired) electrons. The summed E-state index contributed by atoms with van der Waals surface area (Å²) in [6.07, 6.45) is 1.74. The fraction of sp³-hybridized carbons (Fsp3) is 0.297. The number of benzene rings is 4. The number of nitrogens with zero attached hydrogens (tertiary/aromatic N) is 3. The summed E-state index contributed by atoms with van der Waals surface area (Å²) in [4.78, 5) is 31.5. The minimum absolute atomic E-state index is 0.0202. The van der Waals surface area contributed by atoms with E-state index in [1.165, 1.54) is 4.90 Å². The van der Waals surface area contributed by atoms with E-state index in [1.807, 2.05) is 35.2 Å². The number of carbonyl (C=O) groups excluding carboxylic acids is 1.